The maximum Gasteiger partial charge on any atom is 0.0564 e. The van der Waals surface area contributed by atoms with Crippen LogP contribution in [0.5, 0.6) is 0 Å². The van der Waals surface area contributed by atoms with E-state index >= 15 is 0 Å². The summed E-state index contributed by atoms with van der Waals surface area (Å²) in [5.74, 6) is 0.938. The molecule has 2 aliphatic rings. The van der Waals surface area contributed by atoms with Crippen molar-refractivity contribution in [3.8, 4) is 0 Å². The highest BCUT2D eigenvalue weighted by atomic mass is 32.2. The van der Waals surface area contributed by atoms with Gasteiger partial charge in [0.2, 0.25) is 0 Å². The van der Waals surface area contributed by atoms with Gasteiger partial charge in [0.1, 0.15) is 0 Å². The zero-order valence-corrected chi connectivity index (χ0v) is 11.7. The summed E-state index contributed by atoms with van der Waals surface area (Å²) in [5.41, 5.74) is 4.18. The van der Waals surface area contributed by atoms with Crippen molar-refractivity contribution in [2.24, 2.45) is 5.92 Å². The van der Waals surface area contributed by atoms with Gasteiger partial charge in [0.05, 0.1) is 10.8 Å². The van der Waals surface area contributed by atoms with Gasteiger partial charge < -0.3 is 0 Å². The van der Waals surface area contributed by atoms with E-state index in [0.717, 1.165) is 11.3 Å². The van der Waals surface area contributed by atoms with Gasteiger partial charge in [0.15, 0.2) is 0 Å². The molecule has 4 atom stereocenters. The lowest BCUT2D eigenvalue weighted by atomic mass is 9.83. The van der Waals surface area contributed by atoms with Gasteiger partial charge in [-0.05, 0) is 35.1 Å². The van der Waals surface area contributed by atoms with Crippen LogP contribution in [0.15, 0.2) is 53.4 Å². The first-order chi connectivity index (χ1) is 9.27. The Balaban J connectivity index is 1.98. The van der Waals surface area contributed by atoms with E-state index in [2.05, 4.69) is 43.3 Å². The summed E-state index contributed by atoms with van der Waals surface area (Å²) in [5, 5.41) is 0.243. The first-order valence-corrected chi connectivity index (χ1v) is 8.06. The molecule has 0 amide bonds. The Hall–Kier alpha value is -1.41. The normalized spacial score (nSPS) is 31.4. The van der Waals surface area contributed by atoms with Crippen LogP contribution in [0, 0.1) is 5.92 Å². The lowest BCUT2D eigenvalue weighted by Gasteiger charge is -2.33. The van der Waals surface area contributed by atoms with E-state index in [0.29, 0.717) is 11.8 Å². The number of rotatable bonds is 0. The van der Waals surface area contributed by atoms with Crippen LogP contribution < -0.4 is 0 Å². The van der Waals surface area contributed by atoms with E-state index in [1.807, 2.05) is 12.1 Å². The summed E-state index contributed by atoms with van der Waals surface area (Å²) in [4.78, 5) is 1.05. The maximum absolute atomic E-state index is 12.6. The van der Waals surface area contributed by atoms with Gasteiger partial charge in [-0.1, -0.05) is 49.4 Å². The Bertz CT molecular complexity index is 676. The van der Waals surface area contributed by atoms with Crippen molar-refractivity contribution >= 4 is 10.8 Å². The average Bonchev–Trinajstić information content (AvgIpc) is 2.84. The fourth-order valence-electron chi connectivity index (χ4n) is 3.74. The van der Waals surface area contributed by atoms with Crippen molar-refractivity contribution in [3.05, 3.63) is 65.2 Å². The van der Waals surface area contributed by atoms with Crippen molar-refractivity contribution in [1.82, 2.24) is 0 Å². The highest BCUT2D eigenvalue weighted by Crippen LogP contribution is 2.50. The van der Waals surface area contributed by atoms with Crippen LogP contribution in [-0.2, 0) is 17.2 Å². The molecule has 2 aromatic rings. The molecule has 1 aliphatic carbocycles. The summed E-state index contributed by atoms with van der Waals surface area (Å²) < 4.78 is 12.6. The van der Waals surface area contributed by atoms with Crippen LogP contribution >= 0.6 is 0 Å². The third-order valence-electron chi connectivity index (χ3n) is 4.69. The van der Waals surface area contributed by atoms with Gasteiger partial charge in [-0.2, -0.15) is 0 Å². The second-order valence-corrected chi connectivity index (χ2v) is 7.36. The molecule has 96 valence electrons. The van der Waals surface area contributed by atoms with E-state index in [1.165, 1.54) is 16.7 Å². The summed E-state index contributed by atoms with van der Waals surface area (Å²) in [6.07, 6.45) is 1.07. The predicted molar refractivity (Wildman–Crippen MR) is 77.8 cm³/mol. The summed E-state index contributed by atoms with van der Waals surface area (Å²) in [6.45, 7) is 2.15. The van der Waals surface area contributed by atoms with Crippen molar-refractivity contribution in [2.75, 3.05) is 0 Å². The Morgan fingerprint density at radius 3 is 2.53 bits per heavy atom. The fourth-order valence-corrected chi connectivity index (χ4v) is 5.35. The molecule has 0 bridgehead atoms. The predicted octanol–water partition coefficient (Wildman–Crippen LogP) is 3.50. The van der Waals surface area contributed by atoms with E-state index in [-0.39, 0.29) is 5.25 Å². The molecule has 0 aromatic heterocycles. The average molecular weight is 268 g/mol. The molecule has 0 spiro atoms. The molecule has 0 radical (unpaired) electrons. The van der Waals surface area contributed by atoms with Gasteiger partial charge in [0, 0.05) is 16.1 Å². The van der Waals surface area contributed by atoms with Gasteiger partial charge in [-0.25, -0.2) is 0 Å². The van der Waals surface area contributed by atoms with Crippen LogP contribution in [0.3, 0.4) is 0 Å². The number of fused-ring (bicyclic) bond motifs is 5. The molecule has 0 saturated carbocycles. The molecule has 0 N–H and O–H groups in total. The molecule has 4 unspecified atom stereocenters. The Morgan fingerprint density at radius 1 is 1.00 bits per heavy atom. The van der Waals surface area contributed by atoms with Crippen LogP contribution in [0.1, 0.15) is 29.5 Å². The maximum atomic E-state index is 12.6. The fraction of sp³-hybridized carbons (Fsp3) is 0.294. The summed E-state index contributed by atoms with van der Waals surface area (Å²) in [6, 6.07) is 17.0. The quantitative estimate of drug-likeness (QED) is 0.714. The SMILES string of the molecule is CC1C2Cc3ccccc3C2c2ccccc2S1=O. The van der Waals surface area contributed by atoms with Crippen molar-refractivity contribution in [3.63, 3.8) is 0 Å². The molecule has 2 heteroatoms. The first-order valence-electron chi connectivity index (χ1n) is 6.84. The second kappa shape index (κ2) is 4.04. The lowest BCUT2D eigenvalue weighted by Crippen LogP contribution is -2.32. The van der Waals surface area contributed by atoms with Gasteiger partial charge >= 0.3 is 0 Å². The minimum Gasteiger partial charge on any atom is -0.254 e. The van der Waals surface area contributed by atoms with Crippen molar-refractivity contribution in [2.45, 2.75) is 29.4 Å². The highest BCUT2D eigenvalue weighted by Gasteiger charge is 2.43. The van der Waals surface area contributed by atoms with Crippen LogP contribution in [-0.4, -0.2) is 9.46 Å². The topological polar surface area (TPSA) is 17.1 Å². The molecular formula is C17H16OS. The molecular weight excluding hydrogens is 252 g/mol. The molecule has 1 heterocycles. The molecule has 4 rings (SSSR count). The number of hydrogen-bond acceptors (Lipinski definition) is 1. The first kappa shape index (κ1) is 11.4. The third kappa shape index (κ3) is 1.50. The molecule has 0 saturated heterocycles. The van der Waals surface area contributed by atoms with E-state index in [4.69, 9.17) is 0 Å². The highest BCUT2D eigenvalue weighted by molar-refractivity contribution is 7.85. The lowest BCUT2D eigenvalue weighted by molar-refractivity contribution is 0.472. The zero-order chi connectivity index (χ0) is 13.0. The standard InChI is InChI=1S/C17H16OS/c1-11-15-10-12-6-2-3-7-13(12)17(15)14-8-4-5-9-16(14)19(11)18/h2-9,11,15,17H,10H2,1H3. The van der Waals surface area contributed by atoms with E-state index in [1.54, 1.807) is 0 Å². The summed E-state index contributed by atoms with van der Waals surface area (Å²) >= 11 is 0. The van der Waals surface area contributed by atoms with Crippen molar-refractivity contribution in [1.29, 1.82) is 0 Å². The minimum atomic E-state index is -0.859. The molecule has 1 aliphatic heterocycles. The van der Waals surface area contributed by atoms with E-state index in [9.17, 15) is 4.21 Å². The van der Waals surface area contributed by atoms with Crippen molar-refractivity contribution < 1.29 is 4.21 Å². The van der Waals surface area contributed by atoms with E-state index < -0.39 is 10.8 Å². The molecule has 19 heavy (non-hydrogen) atoms. The molecule has 1 nitrogen and oxygen atoms in total. The van der Waals surface area contributed by atoms with Gasteiger partial charge in [0.25, 0.3) is 0 Å². The third-order valence-corrected chi connectivity index (χ3v) is 6.52. The number of hydrogen-bond donors (Lipinski definition) is 0. The van der Waals surface area contributed by atoms with Gasteiger partial charge in [-0.3, -0.25) is 4.21 Å². The smallest absolute Gasteiger partial charge is 0.0564 e. The van der Waals surface area contributed by atoms with Crippen LogP contribution in [0.2, 0.25) is 0 Å². The zero-order valence-electron chi connectivity index (χ0n) is 10.9. The second-order valence-electron chi connectivity index (χ2n) is 5.58. The molecule has 2 aromatic carbocycles. The van der Waals surface area contributed by atoms with Crippen LogP contribution in [0.25, 0.3) is 0 Å². The monoisotopic (exact) mass is 268 g/mol. The summed E-state index contributed by atoms with van der Waals surface area (Å²) in [7, 11) is -0.859. The van der Waals surface area contributed by atoms with Crippen LogP contribution in [0.4, 0.5) is 0 Å². The van der Waals surface area contributed by atoms with Gasteiger partial charge in [-0.15, -0.1) is 0 Å². The minimum absolute atomic E-state index is 0.243. The Kier molecular flexibility index (Phi) is 2.43. The number of benzene rings is 2. The Morgan fingerprint density at radius 2 is 1.68 bits per heavy atom. The molecule has 0 fully saturated rings. The Labute approximate surface area is 116 Å². The largest absolute Gasteiger partial charge is 0.254 e.